The number of carbonyl (C=O) groups is 1. The molecule has 0 unspecified atom stereocenters. The van der Waals surface area contributed by atoms with E-state index in [2.05, 4.69) is 10.6 Å². The second kappa shape index (κ2) is 4.30. The van der Waals surface area contributed by atoms with E-state index in [4.69, 9.17) is 0 Å². The van der Waals surface area contributed by atoms with Crippen LogP contribution in [0, 0.1) is 12.7 Å². The highest BCUT2D eigenvalue weighted by Gasteiger charge is 2.24. The molecule has 0 atom stereocenters. The minimum absolute atomic E-state index is 0.169. The van der Waals surface area contributed by atoms with Gasteiger partial charge in [0.15, 0.2) is 0 Å². The molecule has 0 aliphatic carbocycles. The van der Waals surface area contributed by atoms with Crippen LogP contribution < -0.4 is 10.6 Å². The number of aryl methyl sites for hydroxylation is 1. The van der Waals surface area contributed by atoms with E-state index in [0.29, 0.717) is 5.56 Å². The van der Waals surface area contributed by atoms with Crippen LogP contribution in [-0.4, -0.2) is 5.91 Å². The van der Waals surface area contributed by atoms with E-state index >= 15 is 0 Å². The predicted molar refractivity (Wildman–Crippen MR) is 84.2 cm³/mol. The minimum Gasteiger partial charge on any atom is -0.345 e. The van der Waals surface area contributed by atoms with E-state index in [1.807, 2.05) is 25.1 Å². The zero-order chi connectivity index (χ0) is 14.6. The highest BCUT2D eigenvalue weighted by molar-refractivity contribution is 7.23. The summed E-state index contributed by atoms with van der Waals surface area (Å²) >= 11 is 1.39. The van der Waals surface area contributed by atoms with Gasteiger partial charge in [0.1, 0.15) is 10.8 Å². The monoisotopic (exact) mass is 298 g/mol. The lowest BCUT2D eigenvalue weighted by molar-refractivity contribution is 0.103. The number of hydrogen-bond acceptors (Lipinski definition) is 3. The van der Waals surface area contributed by atoms with Gasteiger partial charge < -0.3 is 10.6 Å². The number of rotatable bonds is 0. The molecule has 1 aromatic heterocycles. The van der Waals surface area contributed by atoms with Gasteiger partial charge in [0.2, 0.25) is 0 Å². The third-order valence-corrected chi connectivity index (χ3v) is 4.62. The molecule has 0 bridgehead atoms. The molecule has 0 radical (unpaired) electrons. The second-order valence-electron chi connectivity index (χ2n) is 5.07. The van der Waals surface area contributed by atoms with Crippen LogP contribution in [0.4, 0.5) is 20.8 Å². The summed E-state index contributed by atoms with van der Waals surface area (Å²) in [7, 11) is 0. The smallest absolute Gasteiger partial charge is 0.259 e. The Morgan fingerprint density at radius 1 is 1.05 bits per heavy atom. The number of benzene rings is 2. The third kappa shape index (κ3) is 1.89. The van der Waals surface area contributed by atoms with Crippen LogP contribution in [0.15, 0.2) is 36.4 Å². The molecular weight excluding hydrogens is 287 g/mol. The number of amides is 1. The van der Waals surface area contributed by atoms with Gasteiger partial charge in [-0.1, -0.05) is 6.07 Å². The van der Waals surface area contributed by atoms with Crippen LogP contribution in [0.25, 0.3) is 10.1 Å². The Labute approximate surface area is 124 Å². The fourth-order valence-corrected chi connectivity index (χ4v) is 3.70. The maximum atomic E-state index is 13.4. The first kappa shape index (κ1) is 12.3. The molecule has 0 spiro atoms. The van der Waals surface area contributed by atoms with E-state index < -0.39 is 0 Å². The summed E-state index contributed by atoms with van der Waals surface area (Å²) in [5.74, 6) is -0.464. The third-order valence-electron chi connectivity index (χ3n) is 3.55. The summed E-state index contributed by atoms with van der Waals surface area (Å²) < 4.78 is 14.1. The highest BCUT2D eigenvalue weighted by Crippen LogP contribution is 2.41. The van der Waals surface area contributed by atoms with Crippen molar-refractivity contribution in [3.8, 4) is 0 Å². The second-order valence-corrected chi connectivity index (χ2v) is 6.13. The fraction of sp³-hybridized carbons (Fsp3) is 0.0625. The molecule has 2 heterocycles. The van der Waals surface area contributed by atoms with Crippen LogP contribution in [-0.2, 0) is 0 Å². The highest BCUT2D eigenvalue weighted by atomic mass is 32.1. The number of nitrogens with one attached hydrogen (secondary N) is 2. The quantitative estimate of drug-likeness (QED) is 0.634. The number of fused-ring (bicyclic) bond motifs is 4. The van der Waals surface area contributed by atoms with Crippen molar-refractivity contribution in [2.45, 2.75) is 6.92 Å². The summed E-state index contributed by atoms with van der Waals surface area (Å²) in [6, 6.07) is 10.3. The molecule has 104 valence electrons. The zero-order valence-corrected chi connectivity index (χ0v) is 12.0. The Hall–Kier alpha value is -2.40. The molecule has 3 aromatic rings. The van der Waals surface area contributed by atoms with Crippen molar-refractivity contribution < 1.29 is 9.18 Å². The molecule has 2 aromatic carbocycles. The molecule has 0 fully saturated rings. The largest absolute Gasteiger partial charge is 0.345 e. The lowest BCUT2D eigenvalue weighted by atomic mass is 10.1. The van der Waals surface area contributed by atoms with Crippen LogP contribution >= 0.6 is 11.3 Å². The molecule has 1 aliphatic heterocycles. The standard InChI is InChI=1S/C16H11FN2OS/c1-8-2-5-11-12(6-8)19-16-14(15(20)18-11)10-4-3-9(17)7-13(10)21-16/h2-7,19H,1H3,(H,18,20). The summed E-state index contributed by atoms with van der Waals surface area (Å²) in [6.45, 7) is 2.00. The van der Waals surface area contributed by atoms with Crippen molar-refractivity contribution in [1.29, 1.82) is 0 Å². The average Bonchev–Trinajstić information content (AvgIpc) is 2.72. The first-order valence-corrected chi connectivity index (χ1v) is 7.34. The molecule has 1 aliphatic rings. The van der Waals surface area contributed by atoms with E-state index in [0.717, 1.165) is 32.0 Å². The topological polar surface area (TPSA) is 41.1 Å². The van der Waals surface area contributed by atoms with Gasteiger partial charge in [0, 0.05) is 10.1 Å². The summed E-state index contributed by atoms with van der Waals surface area (Å²) in [4.78, 5) is 12.5. The zero-order valence-electron chi connectivity index (χ0n) is 11.2. The lowest BCUT2D eigenvalue weighted by Crippen LogP contribution is -2.10. The van der Waals surface area contributed by atoms with Crippen LogP contribution in [0.3, 0.4) is 0 Å². The fourth-order valence-electron chi connectivity index (χ4n) is 2.56. The Morgan fingerprint density at radius 2 is 1.90 bits per heavy atom. The first-order chi connectivity index (χ1) is 10.1. The number of carbonyl (C=O) groups excluding carboxylic acids is 1. The van der Waals surface area contributed by atoms with Crippen molar-refractivity contribution >= 4 is 43.7 Å². The summed E-state index contributed by atoms with van der Waals surface area (Å²) in [5.41, 5.74) is 3.29. The Kier molecular flexibility index (Phi) is 2.53. The number of thiophene rings is 1. The summed E-state index contributed by atoms with van der Waals surface area (Å²) in [5, 5.41) is 7.72. The molecule has 1 amide bonds. The van der Waals surface area contributed by atoms with E-state index in [9.17, 15) is 9.18 Å². The number of anilines is 3. The van der Waals surface area contributed by atoms with Crippen molar-refractivity contribution in [2.24, 2.45) is 0 Å². The van der Waals surface area contributed by atoms with Gasteiger partial charge in [0.25, 0.3) is 5.91 Å². The van der Waals surface area contributed by atoms with Crippen molar-refractivity contribution in [1.82, 2.24) is 0 Å². The summed E-state index contributed by atoms with van der Waals surface area (Å²) in [6.07, 6.45) is 0. The molecular formula is C16H11FN2OS. The molecule has 5 heteroatoms. The average molecular weight is 298 g/mol. The molecule has 4 rings (SSSR count). The van der Waals surface area contributed by atoms with Crippen molar-refractivity contribution in [3.63, 3.8) is 0 Å². The SMILES string of the molecule is Cc1ccc2c(c1)Nc1sc3cc(F)ccc3c1C(=O)N2. The van der Waals surface area contributed by atoms with Gasteiger partial charge in [-0.3, -0.25) is 4.79 Å². The molecule has 21 heavy (non-hydrogen) atoms. The van der Waals surface area contributed by atoms with E-state index in [1.54, 1.807) is 6.07 Å². The van der Waals surface area contributed by atoms with Gasteiger partial charge in [-0.25, -0.2) is 4.39 Å². The normalized spacial score (nSPS) is 13.1. The van der Waals surface area contributed by atoms with Gasteiger partial charge in [-0.15, -0.1) is 11.3 Å². The molecule has 0 saturated heterocycles. The van der Waals surface area contributed by atoms with Crippen LogP contribution in [0.1, 0.15) is 15.9 Å². The van der Waals surface area contributed by atoms with Crippen LogP contribution in [0.5, 0.6) is 0 Å². The van der Waals surface area contributed by atoms with E-state index in [1.165, 1.54) is 23.5 Å². The first-order valence-electron chi connectivity index (χ1n) is 6.53. The Balaban J connectivity index is 1.97. The Morgan fingerprint density at radius 3 is 2.76 bits per heavy atom. The molecule has 0 saturated carbocycles. The van der Waals surface area contributed by atoms with Gasteiger partial charge >= 0.3 is 0 Å². The van der Waals surface area contributed by atoms with Gasteiger partial charge in [-0.05, 0) is 42.8 Å². The van der Waals surface area contributed by atoms with Crippen molar-refractivity contribution in [2.75, 3.05) is 10.6 Å². The lowest BCUT2D eigenvalue weighted by Gasteiger charge is -2.08. The molecule has 3 nitrogen and oxygen atoms in total. The predicted octanol–water partition coefficient (Wildman–Crippen LogP) is 4.66. The van der Waals surface area contributed by atoms with Gasteiger partial charge in [-0.2, -0.15) is 0 Å². The number of halogens is 1. The van der Waals surface area contributed by atoms with Gasteiger partial charge in [0.05, 0.1) is 16.9 Å². The van der Waals surface area contributed by atoms with Crippen LogP contribution in [0.2, 0.25) is 0 Å². The minimum atomic E-state index is -0.296. The maximum Gasteiger partial charge on any atom is 0.259 e. The number of hydrogen-bond donors (Lipinski definition) is 2. The molecule has 2 N–H and O–H groups in total. The van der Waals surface area contributed by atoms with Crippen molar-refractivity contribution in [3.05, 3.63) is 53.3 Å². The maximum absolute atomic E-state index is 13.4. The van der Waals surface area contributed by atoms with E-state index in [-0.39, 0.29) is 11.7 Å². The Bertz CT molecular complexity index is 901.